The lowest BCUT2D eigenvalue weighted by Gasteiger charge is -2.06. The highest BCUT2D eigenvalue weighted by Gasteiger charge is 2.26. The molecular weight excluding hydrogens is 412 g/mol. The van der Waals surface area contributed by atoms with Crippen LogP contribution in [0.3, 0.4) is 0 Å². The number of carbonyl (C=O) groups excluding carboxylic acids is 1. The molecule has 4 aromatic rings. The van der Waals surface area contributed by atoms with Crippen LogP contribution in [0.5, 0.6) is 5.88 Å². The molecule has 2 N–H and O–H groups in total. The number of esters is 1. The minimum atomic E-state index is -0.662. The number of nitrogens with zero attached hydrogens (tertiary/aromatic N) is 3. The highest BCUT2D eigenvalue weighted by atomic mass is 16.6. The molecular formula is C23H18N4O5. The van der Waals surface area contributed by atoms with Crippen molar-refractivity contribution in [2.75, 3.05) is 6.61 Å². The summed E-state index contributed by atoms with van der Waals surface area (Å²) < 4.78 is 5.18. The van der Waals surface area contributed by atoms with E-state index in [9.17, 15) is 20.0 Å². The number of nitro groups is 1. The van der Waals surface area contributed by atoms with Crippen molar-refractivity contribution in [1.82, 2.24) is 4.98 Å². The molecule has 32 heavy (non-hydrogen) atoms. The first-order chi connectivity index (χ1) is 15.5. The van der Waals surface area contributed by atoms with Crippen LogP contribution in [-0.2, 0) is 4.74 Å². The SMILES string of the molecule is CCOC(=O)c1c(-c2ccc3ccccc3c2)[nH]c(O)c1N=Nc1ccc([N+](=O)[O-])cc1. The predicted octanol–water partition coefficient (Wildman–Crippen LogP) is 6.04. The molecule has 9 heteroatoms. The minimum Gasteiger partial charge on any atom is -0.493 e. The number of rotatable bonds is 6. The molecule has 0 bridgehead atoms. The van der Waals surface area contributed by atoms with E-state index in [-0.39, 0.29) is 29.4 Å². The lowest BCUT2D eigenvalue weighted by molar-refractivity contribution is -0.384. The van der Waals surface area contributed by atoms with Crippen LogP contribution in [0.25, 0.3) is 22.0 Å². The van der Waals surface area contributed by atoms with E-state index in [1.807, 2.05) is 42.5 Å². The van der Waals surface area contributed by atoms with Gasteiger partial charge in [-0.05, 0) is 41.5 Å². The quantitative estimate of drug-likeness (QED) is 0.167. The fraction of sp³-hybridized carbons (Fsp3) is 0.0870. The molecule has 0 aliphatic carbocycles. The highest BCUT2D eigenvalue weighted by molar-refractivity contribution is 6.04. The number of carbonyl (C=O) groups is 1. The van der Waals surface area contributed by atoms with Gasteiger partial charge in [0, 0.05) is 12.1 Å². The molecule has 0 aliphatic rings. The third-order valence-electron chi connectivity index (χ3n) is 4.80. The second-order valence-corrected chi connectivity index (χ2v) is 6.83. The first kappa shape index (κ1) is 20.7. The highest BCUT2D eigenvalue weighted by Crippen LogP contribution is 2.40. The van der Waals surface area contributed by atoms with Crippen LogP contribution in [0.15, 0.2) is 77.0 Å². The molecule has 0 spiro atoms. The summed E-state index contributed by atoms with van der Waals surface area (Å²) in [7, 11) is 0. The van der Waals surface area contributed by atoms with E-state index in [1.54, 1.807) is 6.92 Å². The van der Waals surface area contributed by atoms with E-state index in [4.69, 9.17) is 4.74 Å². The zero-order valence-electron chi connectivity index (χ0n) is 17.0. The van der Waals surface area contributed by atoms with Crippen molar-refractivity contribution in [3.8, 4) is 17.1 Å². The first-order valence-electron chi connectivity index (χ1n) is 9.75. The Labute approximate surface area is 182 Å². The van der Waals surface area contributed by atoms with Crippen LogP contribution >= 0.6 is 0 Å². The number of nitrogens with one attached hydrogen (secondary N) is 1. The molecule has 160 valence electrons. The Morgan fingerprint density at radius 2 is 1.78 bits per heavy atom. The van der Waals surface area contributed by atoms with E-state index in [0.29, 0.717) is 16.9 Å². The lowest BCUT2D eigenvalue weighted by atomic mass is 10.0. The van der Waals surface area contributed by atoms with Gasteiger partial charge in [-0.15, -0.1) is 5.11 Å². The van der Waals surface area contributed by atoms with E-state index < -0.39 is 10.9 Å². The van der Waals surface area contributed by atoms with Gasteiger partial charge in [0.2, 0.25) is 5.88 Å². The second kappa shape index (κ2) is 8.68. The van der Waals surface area contributed by atoms with E-state index in [0.717, 1.165) is 10.8 Å². The normalized spacial score (nSPS) is 11.2. The fourth-order valence-corrected chi connectivity index (χ4v) is 3.29. The zero-order chi connectivity index (χ0) is 22.7. The number of ether oxygens (including phenoxy) is 1. The molecule has 1 heterocycles. The van der Waals surface area contributed by atoms with Crippen molar-refractivity contribution < 1.29 is 19.6 Å². The van der Waals surface area contributed by atoms with Crippen molar-refractivity contribution in [3.63, 3.8) is 0 Å². The van der Waals surface area contributed by atoms with Crippen molar-refractivity contribution in [1.29, 1.82) is 0 Å². The number of aromatic hydroxyl groups is 1. The minimum absolute atomic E-state index is 0.0466. The van der Waals surface area contributed by atoms with Crippen molar-refractivity contribution in [3.05, 3.63) is 82.4 Å². The van der Waals surface area contributed by atoms with Crippen molar-refractivity contribution in [2.24, 2.45) is 10.2 Å². The second-order valence-electron chi connectivity index (χ2n) is 6.83. The number of hydrogen-bond acceptors (Lipinski definition) is 7. The van der Waals surface area contributed by atoms with Gasteiger partial charge >= 0.3 is 5.97 Å². The van der Waals surface area contributed by atoms with Gasteiger partial charge in [-0.2, -0.15) is 5.11 Å². The molecule has 9 nitrogen and oxygen atoms in total. The number of aromatic amines is 1. The molecule has 0 fully saturated rings. The van der Waals surface area contributed by atoms with Gasteiger partial charge < -0.3 is 14.8 Å². The Balaban J connectivity index is 1.79. The Morgan fingerprint density at radius 1 is 1.06 bits per heavy atom. The predicted molar refractivity (Wildman–Crippen MR) is 119 cm³/mol. The van der Waals surface area contributed by atoms with Crippen LogP contribution in [-0.4, -0.2) is 27.6 Å². The average Bonchev–Trinajstić information content (AvgIpc) is 3.14. The fourth-order valence-electron chi connectivity index (χ4n) is 3.29. The van der Waals surface area contributed by atoms with Gasteiger partial charge in [0.15, 0.2) is 5.69 Å². The molecule has 0 aliphatic heterocycles. The molecule has 4 rings (SSSR count). The molecule has 0 radical (unpaired) electrons. The molecule has 3 aromatic carbocycles. The van der Waals surface area contributed by atoms with Crippen LogP contribution in [0.2, 0.25) is 0 Å². The maximum Gasteiger partial charge on any atom is 0.342 e. The number of fused-ring (bicyclic) bond motifs is 1. The summed E-state index contributed by atoms with van der Waals surface area (Å²) in [6.45, 7) is 1.82. The number of azo groups is 1. The maximum atomic E-state index is 12.7. The summed E-state index contributed by atoms with van der Waals surface area (Å²) in [5.41, 5.74) is 1.22. The summed E-state index contributed by atoms with van der Waals surface area (Å²) in [4.78, 5) is 25.8. The maximum absolute atomic E-state index is 12.7. The largest absolute Gasteiger partial charge is 0.493 e. The number of aromatic nitrogens is 1. The van der Waals surface area contributed by atoms with E-state index >= 15 is 0 Å². The Bertz CT molecular complexity index is 1340. The summed E-state index contributed by atoms with van der Waals surface area (Å²) in [6.07, 6.45) is 0. The third-order valence-corrected chi connectivity index (χ3v) is 4.80. The van der Waals surface area contributed by atoms with Crippen LogP contribution < -0.4 is 0 Å². The van der Waals surface area contributed by atoms with Crippen LogP contribution in [0, 0.1) is 10.1 Å². The molecule has 0 unspecified atom stereocenters. The summed E-state index contributed by atoms with van der Waals surface area (Å²) >= 11 is 0. The van der Waals surface area contributed by atoms with Gasteiger partial charge in [0.25, 0.3) is 5.69 Å². The summed E-state index contributed by atoms with van der Waals surface area (Å²) in [5, 5.41) is 31.3. The van der Waals surface area contributed by atoms with E-state index in [1.165, 1.54) is 24.3 Å². The van der Waals surface area contributed by atoms with Crippen molar-refractivity contribution >= 4 is 33.8 Å². The van der Waals surface area contributed by atoms with E-state index in [2.05, 4.69) is 15.2 Å². The standard InChI is InChI=1S/C23H18N4O5/c1-2-32-23(29)19-20(16-8-7-14-5-3-4-6-15(14)13-16)24-22(28)21(19)26-25-17-9-11-18(12-10-17)27(30)31/h3-13,24,28H,2H2,1H3. The van der Waals surface area contributed by atoms with Gasteiger partial charge in [0.1, 0.15) is 5.56 Å². The smallest absolute Gasteiger partial charge is 0.342 e. The lowest BCUT2D eigenvalue weighted by Crippen LogP contribution is -2.05. The number of nitro benzene ring substituents is 1. The Kier molecular flexibility index (Phi) is 5.63. The molecule has 0 saturated heterocycles. The van der Waals surface area contributed by atoms with Crippen LogP contribution in [0.1, 0.15) is 17.3 Å². The molecule has 1 aromatic heterocycles. The Morgan fingerprint density at radius 3 is 2.47 bits per heavy atom. The number of benzene rings is 3. The van der Waals surface area contributed by atoms with Gasteiger partial charge in [-0.3, -0.25) is 10.1 Å². The summed E-state index contributed by atoms with van der Waals surface area (Å²) in [6, 6.07) is 18.8. The first-order valence-corrected chi connectivity index (χ1v) is 9.75. The van der Waals surface area contributed by atoms with Crippen LogP contribution in [0.4, 0.5) is 17.1 Å². The molecule has 0 saturated carbocycles. The average molecular weight is 430 g/mol. The number of hydrogen-bond donors (Lipinski definition) is 2. The number of non-ortho nitro benzene ring substituents is 1. The Hall–Kier alpha value is -4.53. The zero-order valence-corrected chi connectivity index (χ0v) is 17.0. The molecule has 0 atom stereocenters. The van der Waals surface area contributed by atoms with Crippen molar-refractivity contribution in [2.45, 2.75) is 6.92 Å². The number of H-pyrrole nitrogens is 1. The molecule has 0 amide bonds. The third kappa shape index (κ3) is 4.04. The van der Waals surface area contributed by atoms with Gasteiger partial charge in [-0.25, -0.2) is 4.79 Å². The summed E-state index contributed by atoms with van der Waals surface area (Å²) in [5.74, 6) is -1.01. The van der Waals surface area contributed by atoms with Gasteiger partial charge in [-0.1, -0.05) is 36.4 Å². The topological polar surface area (TPSA) is 130 Å². The van der Waals surface area contributed by atoms with Gasteiger partial charge in [0.05, 0.1) is 22.9 Å². The monoisotopic (exact) mass is 430 g/mol.